The summed E-state index contributed by atoms with van der Waals surface area (Å²) in [5.41, 5.74) is -0.385. The molecular weight excluding hydrogens is 242 g/mol. The Morgan fingerprint density at radius 2 is 1.95 bits per heavy atom. The first kappa shape index (κ1) is 14.8. The highest BCUT2D eigenvalue weighted by molar-refractivity contribution is 5.76. The van der Waals surface area contributed by atoms with E-state index in [4.69, 9.17) is 9.47 Å². The molecule has 0 amide bonds. The summed E-state index contributed by atoms with van der Waals surface area (Å²) >= 11 is 0. The number of carbonyl (C=O) groups is 1. The van der Waals surface area contributed by atoms with Crippen molar-refractivity contribution in [3.63, 3.8) is 0 Å². The quantitative estimate of drug-likeness (QED) is 0.736. The number of hydrogen-bond donors (Lipinski definition) is 0. The molecule has 2 aliphatic rings. The van der Waals surface area contributed by atoms with E-state index in [1.807, 2.05) is 20.8 Å². The van der Waals surface area contributed by atoms with Crippen LogP contribution in [0.5, 0.6) is 0 Å². The van der Waals surface area contributed by atoms with E-state index in [0.717, 1.165) is 52.0 Å². The molecule has 2 saturated heterocycles. The Kier molecular flexibility index (Phi) is 4.85. The fraction of sp³-hybridized carbons (Fsp3) is 0.933. The van der Waals surface area contributed by atoms with Crippen LogP contribution in [-0.2, 0) is 14.3 Å². The summed E-state index contributed by atoms with van der Waals surface area (Å²) < 4.78 is 10.9. The molecular formula is C15H27NO3. The van der Waals surface area contributed by atoms with Crippen LogP contribution in [0.25, 0.3) is 0 Å². The molecule has 2 fully saturated rings. The molecule has 0 aliphatic carbocycles. The van der Waals surface area contributed by atoms with Crippen LogP contribution >= 0.6 is 0 Å². The van der Waals surface area contributed by atoms with Crippen molar-refractivity contribution in [3.05, 3.63) is 0 Å². The average molecular weight is 269 g/mol. The standard InChI is InChI=1S/C15H27NO3/c1-15(2,3)19-14(17)13-5-4-8-16(13)11-12-6-9-18-10-7-12/h12-13H,4-11H2,1-3H3/t13-/m0/s1. The maximum absolute atomic E-state index is 12.2. The monoisotopic (exact) mass is 269 g/mol. The molecule has 0 unspecified atom stereocenters. The van der Waals surface area contributed by atoms with Gasteiger partial charge in [0.25, 0.3) is 0 Å². The first-order chi connectivity index (χ1) is 8.96. The zero-order chi connectivity index (χ0) is 13.9. The summed E-state index contributed by atoms with van der Waals surface area (Å²) in [5.74, 6) is 0.633. The smallest absolute Gasteiger partial charge is 0.323 e. The molecule has 4 heteroatoms. The highest BCUT2D eigenvalue weighted by Gasteiger charge is 2.35. The number of rotatable bonds is 3. The van der Waals surface area contributed by atoms with Crippen molar-refractivity contribution >= 4 is 5.97 Å². The molecule has 2 heterocycles. The fourth-order valence-electron chi connectivity index (χ4n) is 2.94. The highest BCUT2D eigenvalue weighted by atomic mass is 16.6. The predicted molar refractivity (Wildman–Crippen MR) is 74.0 cm³/mol. The minimum absolute atomic E-state index is 0.0259. The molecule has 0 bridgehead atoms. The molecule has 1 atom stereocenters. The number of carbonyl (C=O) groups excluding carboxylic acids is 1. The van der Waals surface area contributed by atoms with Gasteiger partial charge in [-0.1, -0.05) is 0 Å². The van der Waals surface area contributed by atoms with E-state index in [0.29, 0.717) is 5.92 Å². The van der Waals surface area contributed by atoms with Crippen molar-refractivity contribution in [1.29, 1.82) is 0 Å². The largest absolute Gasteiger partial charge is 0.459 e. The van der Waals surface area contributed by atoms with Crippen LogP contribution in [0.2, 0.25) is 0 Å². The van der Waals surface area contributed by atoms with Gasteiger partial charge in [-0.05, 0) is 58.9 Å². The maximum Gasteiger partial charge on any atom is 0.323 e. The molecule has 2 aliphatic heterocycles. The van der Waals surface area contributed by atoms with Gasteiger partial charge in [-0.3, -0.25) is 9.69 Å². The van der Waals surface area contributed by atoms with Gasteiger partial charge in [0.15, 0.2) is 0 Å². The van der Waals surface area contributed by atoms with Gasteiger partial charge in [-0.15, -0.1) is 0 Å². The molecule has 4 nitrogen and oxygen atoms in total. The fourth-order valence-corrected chi connectivity index (χ4v) is 2.94. The second kappa shape index (κ2) is 6.23. The second-order valence-corrected chi connectivity index (χ2v) is 6.74. The van der Waals surface area contributed by atoms with E-state index in [2.05, 4.69) is 4.90 Å². The van der Waals surface area contributed by atoms with E-state index in [-0.39, 0.29) is 17.6 Å². The molecule has 0 N–H and O–H groups in total. The lowest BCUT2D eigenvalue weighted by Crippen LogP contribution is -2.43. The first-order valence-corrected chi connectivity index (χ1v) is 7.50. The highest BCUT2D eigenvalue weighted by Crippen LogP contribution is 2.25. The number of esters is 1. The third-order valence-electron chi connectivity index (χ3n) is 3.88. The lowest BCUT2D eigenvalue weighted by molar-refractivity contribution is -0.160. The molecule has 0 aromatic rings. The summed E-state index contributed by atoms with van der Waals surface area (Å²) in [6.07, 6.45) is 4.29. The van der Waals surface area contributed by atoms with E-state index in [1.165, 1.54) is 0 Å². The Hall–Kier alpha value is -0.610. The molecule has 0 aromatic heterocycles. The number of likely N-dealkylation sites (tertiary alicyclic amines) is 1. The Balaban J connectivity index is 1.87. The minimum atomic E-state index is -0.385. The lowest BCUT2D eigenvalue weighted by Gasteiger charge is -2.31. The van der Waals surface area contributed by atoms with Gasteiger partial charge in [0, 0.05) is 19.8 Å². The summed E-state index contributed by atoms with van der Waals surface area (Å²) in [6.45, 7) is 9.59. The van der Waals surface area contributed by atoms with Crippen LogP contribution in [-0.4, -0.2) is 48.8 Å². The van der Waals surface area contributed by atoms with Gasteiger partial charge in [0.2, 0.25) is 0 Å². The van der Waals surface area contributed by atoms with Crippen LogP contribution in [0, 0.1) is 5.92 Å². The topological polar surface area (TPSA) is 38.8 Å². The minimum Gasteiger partial charge on any atom is -0.459 e. The van der Waals surface area contributed by atoms with E-state index in [9.17, 15) is 4.79 Å². The predicted octanol–water partition coefficient (Wildman–Crippen LogP) is 2.22. The van der Waals surface area contributed by atoms with Crippen molar-refractivity contribution in [2.45, 2.75) is 58.1 Å². The normalized spacial score (nSPS) is 26.6. The summed E-state index contributed by atoms with van der Waals surface area (Å²) in [5, 5.41) is 0. The van der Waals surface area contributed by atoms with E-state index in [1.54, 1.807) is 0 Å². The SMILES string of the molecule is CC(C)(C)OC(=O)[C@@H]1CCCN1CC1CCOCC1. The Morgan fingerprint density at radius 1 is 1.26 bits per heavy atom. The van der Waals surface area contributed by atoms with Crippen LogP contribution in [0.3, 0.4) is 0 Å². The Labute approximate surface area is 116 Å². The van der Waals surface area contributed by atoms with Crippen LogP contribution < -0.4 is 0 Å². The molecule has 2 rings (SSSR count). The van der Waals surface area contributed by atoms with Crippen LogP contribution in [0.4, 0.5) is 0 Å². The molecule has 0 spiro atoms. The Bertz CT molecular complexity index is 305. The van der Waals surface area contributed by atoms with Crippen molar-refractivity contribution in [2.75, 3.05) is 26.3 Å². The lowest BCUT2D eigenvalue weighted by atomic mass is 9.99. The third-order valence-corrected chi connectivity index (χ3v) is 3.88. The molecule has 0 saturated carbocycles. The zero-order valence-corrected chi connectivity index (χ0v) is 12.5. The van der Waals surface area contributed by atoms with Gasteiger partial charge < -0.3 is 9.47 Å². The second-order valence-electron chi connectivity index (χ2n) is 6.74. The van der Waals surface area contributed by atoms with Crippen LogP contribution in [0.1, 0.15) is 46.5 Å². The van der Waals surface area contributed by atoms with Crippen molar-refractivity contribution < 1.29 is 14.3 Å². The van der Waals surface area contributed by atoms with Gasteiger partial charge >= 0.3 is 5.97 Å². The van der Waals surface area contributed by atoms with Crippen molar-refractivity contribution in [3.8, 4) is 0 Å². The zero-order valence-electron chi connectivity index (χ0n) is 12.5. The van der Waals surface area contributed by atoms with Crippen molar-refractivity contribution in [2.24, 2.45) is 5.92 Å². The summed E-state index contributed by atoms with van der Waals surface area (Å²) in [4.78, 5) is 14.5. The number of hydrogen-bond acceptors (Lipinski definition) is 4. The van der Waals surface area contributed by atoms with Gasteiger partial charge in [-0.2, -0.15) is 0 Å². The summed E-state index contributed by atoms with van der Waals surface area (Å²) in [7, 11) is 0. The molecule has 19 heavy (non-hydrogen) atoms. The molecule has 0 radical (unpaired) electrons. The van der Waals surface area contributed by atoms with Crippen molar-refractivity contribution in [1.82, 2.24) is 4.90 Å². The first-order valence-electron chi connectivity index (χ1n) is 7.50. The third kappa shape index (κ3) is 4.46. The van der Waals surface area contributed by atoms with E-state index >= 15 is 0 Å². The summed E-state index contributed by atoms with van der Waals surface area (Å²) in [6, 6.07) is -0.0259. The molecule has 0 aromatic carbocycles. The van der Waals surface area contributed by atoms with Gasteiger partial charge in [-0.25, -0.2) is 0 Å². The van der Waals surface area contributed by atoms with Gasteiger partial charge in [0.1, 0.15) is 11.6 Å². The van der Waals surface area contributed by atoms with Gasteiger partial charge in [0.05, 0.1) is 0 Å². The molecule has 110 valence electrons. The average Bonchev–Trinajstić information content (AvgIpc) is 2.76. The number of ether oxygens (including phenoxy) is 2. The van der Waals surface area contributed by atoms with E-state index < -0.39 is 0 Å². The van der Waals surface area contributed by atoms with Crippen LogP contribution in [0.15, 0.2) is 0 Å². The maximum atomic E-state index is 12.2. The number of nitrogens with zero attached hydrogens (tertiary/aromatic N) is 1. The Morgan fingerprint density at radius 3 is 2.58 bits per heavy atom.